The molecule has 0 N–H and O–H groups in total. The Hall–Kier alpha value is 0.194. The molecule has 0 aromatic heterocycles. The van der Waals surface area contributed by atoms with Crippen LogP contribution in [-0.4, -0.2) is 0 Å². The molecule has 0 fully saturated rings. The van der Waals surface area contributed by atoms with E-state index in [1.807, 2.05) is 0 Å². The van der Waals surface area contributed by atoms with Crippen molar-refractivity contribution in [2.24, 2.45) is 5.92 Å². The van der Waals surface area contributed by atoms with Gasteiger partial charge >= 0.3 is 0 Å². The molecule has 64 valence electrons. The second-order valence-electron chi connectivity index (χ2n) is 3.53. The normalized spacial score (nSPS) is 26.9. The fraction of sp³-hybridized carbons (Fsp3) is 0.636. The largest absolute Gasteiger partial charge is 0.269 e. The quantitative estimate of drug-likeness (QED) is 0.445. The van der Waals surface area contributed by atoms with Gasteiger partial charge in [-0.05, 0) is 6.42 Å². The summed E-state index contributed by atoms with van der Waals surface area (Å²) in [6.07, 6.45) is 12.4. The van der Waals surface area contributed by atoms with E-state index in [4.69, 9.17) is 0 Å². The van der Waals surface area contributed by atoms with Crippen molar-refractivity contribution in [1.82, 2.24) is 0 Å². The third-order valence-corrected chi connectivity index (χ3v) is 2.84. The number of rotatable bonds is 1. The van der Waals surface area contributed by atoms with E-state index < -0.39 is 0 Å². The third-order valence-electron chi connectivity index (χ3n) is 2.84. The third kappa shape index (κ3) is 1.75. The molecular weight excluding hydrogens is 180 g/mol. The molecule has 0 heterocycles. The van der Waals surface area contributed by atoms with Crippen LogP contribution in [0.15, 0.2) is 17.2 Å². The van der Waals surface area contributed by atoms with E-state index in [0.29, 0.717) is 5.92 Å². The summed E-state index contributed by atoms with van der Waals surface area (Å²) in [4.78, 5) is 0. The Kier molecular flexibility index (Phi) is 3.80. The molecule has 1 unspecified atom stereocenters. The Labute approximate surface area is 90.0 Å². The molecular formula is C11H15Ti-. The van der Waals surface area contributed by atoms with Gasteiger partial charge in [-0.3, -0.25) is 6.08 Å². The Morgan fingerprint density at radius 1 is 1.42 bits per heavy atom. The van der Waals surface area contributed by atoms with E-state index >= 15 is 0 Å². The monoisotopic (exact) mass is 195 g/mol. The smallest absolute Gasteiger partial charge is 0 e. The maximum atomic E-state index is 3.45. The first-order valence-corrected chi connectivity index (χ1v) is 4.73. The van der Waals surface area contributed by atoms with Crippen LogP contribution >= 0.6 is 0 Å². The number of hydrogen-bond donors (Lipinski definition) is 0. The van der Waals surface area contributed by atoms with Crippen LogP contribution < -0.4 is 0 Å². The molecule has 0 aliphatic heterocycles. The van der Waals surface area contributed by atoms with Gasteiger partial charge in [-0.15, -0.1) is 0 Å². The van der Waals surface area contributed by atoms with E-state index in [-0.39, 0.29) is 21.7 Å². The van der Waals surface area contributed by atoms with Crippen molar-refractivity contribution < 1.29 is 21.7 Å². The summed E-state index contributed by atoms with van der Waals surface area (Å²) in [6, 6.07) is 0. The van der Waals surface area contributed by atoms with E-state index in [1.54, 1.807) is 11.1 Å². The fourth-order valence-corrected chi connectivity index (χ4v) is 2.18. The standard InChI is InChI=1S/C11H15.Ti/c1-2-9-7-8-10-5-3-4-6-11(9)10;/h8-9H,2-6H2,1H3;/q-1;. The van der Waals surface area contributed by atoms with E-state index in [0.717, 1.165) is 0 Å². The molecule has 0 amide bonds. The molecule has 1 atom stereocenters. The molecule has 2 aliphatic carbocycles. The first-order chi connectivity index (χ1) is 5.42. The van der Waals surface area contributed by atoms with Gasteiger partial charge in [0.15, 0.2) is 0 Å². The molecule has 12 heavy (non-hydrogen) atoms. The zero-order valence-electron chi connectivity index (χ0n) is 7.69. The van der Waals surface area contributed by atoms with Crippen LogP contribution in [-0.2, 0) is 21.7 Å². The van der Waals surface area contributed by atoms with E-state index in [2.05, 4.69) is 19.1 Å². The second kappa shape index (κ2) is 4.44. The molecule has 0 radical (unpaired) electrons. The predicted molar refractivity (Wildman–Crippen MR) is 47.1 cm³/mol. The first-order valence-electron chi connectivity index (χ1n) is 4.73. The molecule has 0 spiro atoms. The second-order valence-corrected chi connectivity index (χ2v) is 3.53. The van der Waals surface area contributed by atoms with Gasteiger partial charge in [-0.1, -0.05) is 38.5 Å². The fourth-order valence-electron chi connectivity index (χ4n) is 2.18. The summed E-state index contributed by atoms with van der Waals surface area (Å²) < 4.78 is 0. The van der Waals surface area contributed by atoms with Crippen LogP contribution in [0.3, 0.4) is 0 Å². The zero-order chi connectivity index (χ0) is 7.68. The van der Waals surface area contributed by atoms with Crippen molar-refractivity contribution >= 4 is 0 Å². The van der Waals surface area contributed by atoms with Crippen LogP contribution in [0, 0.1) is 12.0 Å². The van der Waals surface area contributed by atoms with Crippen molar-refractivity contribution in [3.05, 3.63) is 23.3 Å². The minimum atomic E-state index is 0. The molecule has 1 heteroatoms. The Morgan fingerprint density at radius 3 is 2.92 bits per heavy atom. The topological polar surface area (TPSA) is 0 Å². The van der Waals surface area contributed by atoms with Gasteiger partial charge in [-0.25, -0.2) is 6.08 Å². The van der Waals surface area contributed by atoms with Crippen molar-refractivity contribution in [2.75, 3.05) is 0 Å². The van der Waals surface area contributed by atoms with Gasteiger partial charge in [0.25, 0.3) is 0 Å². The van der Waals surface area contributed by atoms with Gasteiger partial charge < -0.3 is 0 Å². The molecule has 0 nitrogen and oxygen atoms in total. The van der Waals surface area contributed by atoms with Gasteiger partial charge in [-0.2, -0.15) is 11.1 Å². The minimum Gasteiger partial charge on any atom is -0.269 e. The maximum absolute atomic E-state index is 3.45. The molecule has 0 aromatic rings. The summed E-state index contributed by atoms with van der Waals surface area (Å²) in [7, 11) is 0. The summed E-state index contributed by atoms with van der Waals surface area (Å²) >= 11 is 0. The van der Waals surface area contributed by atoms with Crippen LogP contribution in [0.2, 0.25) is 0 Å². The van der Waals surface area contributed by atoms with Crippen molar-refractivity contribution in [3.8, 4) is 0 Å². The van der Waals surface area contributed by atoms with Crippen molar-refractivity contribution in [2.45, 2.75) is 39.0 Å². The summed E-state index contributed by atoms with van der Waals surface area (Å²) in [5.74, 6) is 0.685. The van der Waals surface area contributed by atoms with Gasteiger partial charge in [0.1, 0.15) is 0 Å². The zero-order valence-corrected chi connectivity index (χ0v) is 9.25. The molecule has 2 rings (SSSR count). The number of allylic oxidation sites excluding steroid dienone is 4. The van der Waals surface area contributed by atoms with Crippen molar-refractivity contribution in [1.29, 1.82) is 0 Å². The average Bonchev–Trinajstić information content (AvgIpc) is 2.47. The summed E-state index contributed by atoms with van der Waals surface area (Å²) in [5, 5.41) is 0. The average molecular weight is 195 g/mol. The molecule has 0 aromatic carbocycles. The van der Waals surface area contributed by atoms with Gasteiger partial charge in [0.2, 0.25) is 0 Å². The summed E-state index contributed by atoms with van der Waals surface area (Å²) in [5.41, 5.74) is 3.32. The van der Waals surface area contributed by atoms with Crippen LogP contribution in [0.1, 0.15) is 39.0 Å². The minimum absolute atomic E-state index is 0. The predicted octanol–water partition coefficient (Wildman–Crippen LogP) is 3.25. The van der Waals surface area contributed by atoms with E-state index in [9.17, 15) is 0 Å². The Morgan fingerprint density at radius 2 is 2.17 bits per heavy atom. The molecule has 0 saturated heterocycles. The SMILES string of the molecule is CCC1[C-]=CC2=C1CCCC2.[Ti]. The maximum Gasteiger partial charge on any atom is 0 e. The first kappa shape index (κ1) is 10.3. The molecule has 0 bridgehead atoms. The molecule has 2 aliphatic rings. The Balaban J connectivity index is 0.000000720. The molecule has 0 saturated carbocycles. The van der Waals surface area contributed by atoms with Crippen LogP contribution in [0.4, 0.5) is 0 Å². The summed E-state index contributed by atoms with van der Waals surface area (Å²) in [6.45, 7) is 2.26. The van der Waals surface area contributed by atoms with Crippen LogP contribution in [0.5, 0.6) is 0 Å². The van der Waals surface area contributed by atoms with E-state index in [1.165, 1.54) is 32.1 Å². The van der Waals surface area contributed by atoms with Gasteiger partial charge in [0.05, 0.1) is 0 Å². The van der Waals surface area contributed by atoms with Gasteiger partial charge in [0, 0.05) is 21.7 Å². The van der Waals surface area contributed by atoms with Crippen LogP contribution in [0.25, 0.3) is 0 Å². The van der Waals surface area contributed by atoms with Crippen molar-refractivity contribution in [3.63, 3.8) is 0 Å². The Bertz CT molecular complexity index is 213. The number of hydrogen-bond acceptors (Lipinski definition) is 0.